The average molecular weight is 384 g/mol. The first-order chi connectivity index (χ1) is 12.0. The van der Waals surface area contributed by atoms with E-state index < -0.39 is 27.4 Å². The fourth-order valence-corrected chi connectivity index (χ4v) is 3.68. The molecule has 1 radical (unpaired) electrons. The van der Waals surface area contributed by atoms with E-state index in [1.165, 1.54) is 12.1 Å². The second-order valence-electron chi connectivity index (χ2n) is 6.02. The van der Waals surface area contributed by atoms with Gasteiger partial charge in [0.05, 0.1) is 0 Å². The molecule has 0 spiro atoms. The summed E-state index contributed by atoms with van der Waals surface area (Å²) in [5.41, 5.74) is -1.02. The van der Waals surface area contributed by atoms with Gasteiger partial charge in [0.1, 0.15) is 0 Å². The Bertz CT molecular complexity index is 1000. The number of aromatic carboxylic acids is 1. The molecule has 1 aliphatic rings. The summed E-state index contributed by atoms with van der Waals surface area (Å²) in [4.78, 5) is 11.5. The van der Waals surface area contributed by atoms with Crippen LogP contribution < -0.4 is 5.14 Å². The van der Waals surface area contributed by atoms with Crippen molar-refractivity contribution < 1.29 is 27.3 Å². The summed E-state index contributed by atoms with van der Waals surface area (Å²) in [6, 6.07) is 3.46. The predicted molar refractivity (Wildman–Crippen MR) is 88.5 cm³/mol. The van der Waals surface area contributed by atoms with Gasteiger partial charge in [-0.25, -0.2) is 0 Å². The standard InChI is InChI=1S/C15H14BF3N3O3S/c16-26(20,25)8-5-6-12(10(7-8)14(23)24)22-11-4-2-1-3-9(11)13(21-22)15(17,18)19/h5-7H,1-4H2,(H2,20,25)(H,23,24). The molecule has 137 valence electrons. The van der Waals surface area contributed by atoms with Crippen LogP contribution in [0.5, 0.6) is 0 Å². The van der Waals surface area contributed by atoms with E-state index >= 15 is 0 Å². The normalized spacial score (nSPS) is 16.7. The van der Waals surface area contributed by atoms with Gasteiger partial charge in [-0.2, -0.15) is 0 Å². The molecule has 0 bridgehead atoms. The molecule has 1 aromatic heterocycles. The molecule has 1 aliphatic carbocycles. The SMILES string of the molecule is [B]=S(N)(=O)c1ccc(-n2nc(C(F)(F)F)c3c2CCCC3)c(C(=O)O)c1. The molecule has 0 aliphatic heterocycles. The molecule has 3 N–H and O–H groups in total. The number of rotatable bonds is 3. The zero-order valence-electron chi connectivity index (χ0n) is 13.4. The number of nitrogens with zero attached hydrogens (tertiary/aromatic N) is 2. The van der Waals surface area contributed by atoms with E-state index in [-0.39, 0.29) is 28.1 Å². The summed E-state index contributed by atoms with van der Waals surface area (Å²) in [7, 11) is -3.42. The number of carbonyl (C=O) groups is 1. The number of carboxylic acids is 1. The molecule has 0 saturated heterocycles. The molecule has 0 saturated carbocycles. The monoisotopic (exact) mass is 384 g/mol. The maximum atomic E-state index is 13.3. The number of hydrogen-bond donors (Lipinski definition) is 2. The minimum atomic E-state index is -4.64. The Balaban J connectivity index is 2.27. The van der Waals surface area contributed by atoms with Crippen LogP contribution in [-0.2, 0) is 28.6 Å². The molecule has 6 nitrogen and oxygen atoms in total. The summed E-state index contributed by atoms with van der Waals surface area (Å²) >= 11 is 0. The van der Waals surface area contributed by atoms with Crippen molar-refractivity contribution in [1.29, 1.82) is 0 Å². The van der Waals surface area contributed by atoms with Gasteiger partial charge < -0.3 is 0 Å². The summed E-state index contributed by atoms with van der Waals surface area (Å²) in [5.74, 6) is -1.42. The van der Waals surface area contributed by atoms with Gasteiger partial charge in [-0.1, -0.05) is 0 Å². The van der Waals surface area contributed by atoms with E-state index in [1.54, 1.807) is 0 Å². The molecule has 1 aromatic carbocycles. The van der Waals surface area contributed by atoms with Gasteiger partial charge in [0.2, 0.25) is 0 Å². The molecule has 2 aromatic rings. The zero-order valence-corrected chi connectivity index (χ0v) is 14.2. The summed E-state index contributed by atoms with van der Waals surface area (Å²) in [6.45, 7) is 5.33. The molecule has 1 atom stereocenters. The summed E-state index contributed by atoms with van der Waals surface area (Å²) in [5, 5.41) is 18.4. The number of fused-ring (bicyclic) bond motifs is 1. The van der Waals surface area contributed by atoms with E-state index in [2.05, 4.69) is 5.10 Å². The Hall–Kier alpha value is -2.14. The van der Waals surface area contributed by atoms with Crippen molar-refractivity contribution in [2.75, 3.05) is 0 Å². The number of carboxylic acid groups (broad SMARTS) is 1. The van der Waals surface area contributed by atoms with Crippen LogP contribution in [0.15, 0.2) is 23.1 Å². The quantitative estimate of drug-likeness (QED) is 0.792. The van der Waals surface area contributed by atoms with E-state index in [4.69, 9.17) is 11.9 Å². The number of nitrogens with two attached hydrogens (primary N) is 1. The van der Waals surface area contributed by atoms with Crippen molar-refractivity contribution >= 4 is 22.2 Å². The van der Waals surface area contributed by atoms with Crippen molar-refractivity contribution in [3.63, 3.8) is 0 Å². The van der Waals surface area contributed by atoms with Crippen LogP contribution in [0.25, 0.3) is 5.69 Å². The fraction of sp³-hybridized carbons (Fsp3) is 0.333. The Labute approximate surface area is 148 Å². The number of halogens is 3. The van der Waals surface area contributed by atoms with Gasteiger partial charge >= 0.3 is 148 Å². The Morgan fingerprint density at radius 1 is 1.31 bits per heavy atom. The number of hydrogen-bond acceptors (Lipinski definition) is 3. The third kappa shape index (κ3) is 3.28. The van der Waals surface area contributed by atoms with Crippen LogP contribution >= 0.6 is 0 Å². The van der Waals surface area contributed by atoms with Gasteiger partial charge in [-0.15, -0.1) is 0 Å². The predicted octanol–water partition coefficient (Wildman–Crippen LogP) is 2.07. The first kappa shape index (κ1) is 18.6. The zero-order chi connectivity index (χ0) is 19.3. The van der Waals surface area contributed by atoms with E-state index in [9.17, 15) is 27.3 Å². The molecular weight excluding hydrogens is 370 g/mol. The number of aromatic nitrogens is 2. The van der Waals surface area contributed by atoms with Crippen molar-refractivity contribution in [3.8, 4) is 5.69 Å². The Morgan fingerprint density at radius 2 is 1.96 bits per heavy atom. The van der Waals surface area contributed by atoms with E-state index in [0.717, 1.165) is 10.7 Å². The minimum absolute atomic E-state index is 0.0569. The molecule has 3 rings (SSSR count). The molecular formula is C15H14BF3N3O3S. The van der Waals surface area contributed by atoms with Gasteiger partial charge in [-0.05, 0) is 0 Å². The fourth-order valence-electron chi connectivity index (χ4n) is 3.10. The molecule has 0 fully saturated rings. The average Bonchev–Trinajstić information content (AvgIpc) is 2.93. The van der Waals surface area contributed by atoms with Gasteiger partial charge in [0.15, 0.2) is 0 Å². The molecule has 11 heteroatoms. The summed E-state index contributed by atoms with van der Waals surface area (Å²) in [6.07, 6.45) is -2.78. The second kappa shape index (κ2) is 6.24. The van der Waals surface area contributed by atoms with Crippen molar-refractivity contribution in [2.45, 2.75) is 36.8 Å². The van der Waals surface area contributed by atoms with Gasteiger partial charge in [0, 0.05) is 0 Å². The van der Waals surface area contributed by atoms with Crippen LogP contribution in [0.4, 0.5) is 13.2 Å². The maximum absolute atomic E-state index is 13.3. The Morgan fingerprint density at radius 3 is 2.54 bits per heavy atom. The third-order valence-corrected chi connectivity index (χ3v) is 5.23. The Kier molecular flexibility index (Phi) is 4.47. The number of alkyl halides is 3. The van der Waals surface area contributed by atoms with Crippen LogP contribution in [0.2, 0.25) is 0 Å². The van der Waals surface area contributed by atoms with Crippen LogP contribution in [0.1, 0.15) is 40.2 Å². The van der Waals surface area contributed by atoms with Crippen molar-refractivity contribution in [1.82, 2.24) is 9.78 Å². The van der Waals surface area contributed by atoms with Crippen LogP contribution in [0.3, 0.4) is 0 Å². The topological polar surface area (TPSA) is 98.2 Å². The van der Waals surface area contributed by atoms with Crippen LogP contribution in [0, 0.1) is 0 Å². The van der Waals surface area contributed by atoms with E-state index in [1.807, 2.05) is 0 Å². The molecule has 1 heterocycles. The third-order valence-electron chi connectivity index (χ3n) is 4.24. The van der Waals surface area contributed by atoms with Crippen LogP contribution in [-0.4, -0.2) is 31.8 Å². The molecule has 0 amide bonds. The van der Waals surface area contributed by atoms with Gasteiger partial charge in [0.25, 0.3) is 0 Å². The van der Waals surface area contributed by atoms with Gasteiger partial charge in [-0.3, -0.25) is 0 Å². The van der Waals surface area contributed by atoms with Crippen molar-refractivity contribution in [3.05, 3.63) is 40.7 Å². The molecule has 26 heavy (non-hydrogen) atoms. The first-order valence-electron chi connectivity index (χ1n) is 7.65. The van der Waals surface area contributed by atoms with E-state index in [0.29, 0.717) is 25.0 Å². The summed E-state index contributed by atoms with van der Waals surface area (Å²) < 4.78 is 52.7. The first-order valence-corrected chi connectivity index (χ1v) is 9.34. The second-order valence-corrected chi connectivity index (χ2v) is 7.79. The van der Waals surface area contributed by atoms with Crippen molar-refractivity contribution in [2.24, 2.45) is 5.14 Å². The number of benzene rings is 1. The molecule has 1 unspecified atom stereocenters.